The highest BCUT2D eigenvalue weighted by atomic mass is 16.8. The molecule has 6 unspecified atom stereocenters. The minimum absolute atomic E-state index is 0.141. The van der Waals surface area contributed by atoms with Gasteiger partial charge in [0.05, 0.1) is 26.1 Å². The molecule has 0 N–H and O–H groups in total. The van der Waals surface area contributed by atoms with Gasteiger partial charge in [-0.05, 0) is 53.4 Å². The predicted molar refractivity (Wildman–Crippen MR) is 119 cm³/mol. The SMILES string of the molecule is CC1(C)OCC(C2OC3(C)CCC(=O)OC4CCC(CC4)OC(=O)CCC4(C)OCC(O4)C2O3)O1. The van der Waals surface area contributed by atoms with E-state index in [2.05, 4.69) is 0 Å². The monoisotopic (exact) mass is 498 g/mol. The van der Waals surface area contributed by atoms with E-state index in [1.165, 1.54) is 0 Å². The Bertz CT molecular complexity index is 808. The summed E-state index contributed by atoms with van der Waals surface area (Å²) in [6.07, 6.45) is 1.73. The standard InChI is InChI=1S/C25H38O10/c1-23(2)28-13-17(32-23)21-22-18-14-29-24(3,33-18)11-9-19(26)30-15-5-7-16(8-6-15)31-20(27)10-12-25(4,34-21)35-22/h15-18,21-22H,5-14H2,1-4H3. The zero-order chi connectivity index (χ0) is 24.8. The summed E-state index contributed by atoms with van der Waals surface area (Å²) >= 11 is 0. The average Bonchev–Trinajstić information content (AvgIpc) is 3.47. The van der Waals surface area contributed by atoms with E-state index in [0.29, 0.717) is 45.1 Å². The molecule has 6 rings (SSSR count). The van der Waals surface area contributed by atoms with Gasteiger partial charge in [-0.25, -0.2) is 0 Å². The van der Waals surface area contributed by atoms with Crippen LogP contribution in [0.1, 0.15) is 79.1 Å². The minimum Gasteiger partial charge on any atom is -0.462 e. The second kappa shape index (κ2) is 9.54. The van der Waals surface area contributed by atoms with Crippen LogP contribution in [0.25, 0.3) is 0 Å². The lowest BCUT2D eigenvalue weighted by molar-refractivity contribution is -0.198. The molecule has 0 radical (unpaired) electrons. The van der Waals surface area contributed by atoms with Crippen molar-refractivity contribution in [2.24, 2.45) is 0 Å². The third-order valence-electron chi connectivity index (χ3n) is 7.60. The third-order valence-corrected chi connectivity index (χ3v) is 7.60. The normalized spacial score (nSPS) is 46.6. The fraction of sp³-hybridized carbons (Fsp3) is 0.920. The Balaban J connectivity index is 1.35. The van der Waals surface area contributed by atoms with Crippen LogP contribution in [0.2, 0.25) is 0 Å². The lowest BCUT2D eigenvalue weighted by Crippen LogP contribution is -2.45. The van der Waals surface area contributed by atoms with Gasteiger partial charge < -0.3 is 37.9 Å². The Hall–Kier alpha value is -1.30. The molecule has 6 fully saturated rings. The van der Waals surface area contributed by atoms with Crippen molar-refractivity contribution in [2.75, 3.05) is 13.2 Å². The van der Waals surface area contributed by atoms with E-state index in [-0.39, 0.29) is 49.7 Å². The van der Waals surface area contributed by atoms with Crippen LogP contribution < -0.4 is 0 Å². The minimum atomic E-state index is -1.01. The van der Waals surface area contributed by atoms with Crippen molar-refractivity contribution in [3.8, 4) is 0 Å². The number of hydrogen-bond donors (Lipinski definition) is 0. The molecule has 5 heterocycles. The van der Waals surface area contributed by atoms with E-state index in [4.69, 9.17) is 37.9 Å². The van der Waals surface area contributed by atoms with Crippen LogP contribution in [0.3, 0.4) is 0 Å². The van der Waals surface area contributed by atoms with Gasteiger partial charge in [0.15, 0.2) is 17.4 Å². The molecule has 0 aromatic carbocycles. The summed E-state index contributed by atoms with van der Waals surface area (Å²) in [4.78, 5) is 25.1. The van der Waals surface area contributed by atoms with Gasteiger partial charge in [0.25, 0.3) is 0 Å². The summed E-state index contributed by atoms with van der Waals surface area (Å²) in [5.41, 5.74) is 0. The maximum atomic E-state index is 12.6. The van der Waals surface area contributed by atoms with Gasteiger partial charge in [-0.1, -0.05) is 0 Å². The van der Waals surface area contributed by atoms with Crippen LogP contribution in [-0.2, 0) is 47.5 Å². The number of hydrogen-bond acceptors (Lipinski definition) is 10. The number of rotatable bonds is 1. The molecular weight excluding hydrogens is 460 g/mol. The zero-order valence-electron chi connectivity index (χ0n) is 21.1. The highest BCUT2D eigenvalue weighted by Gasteiger charge is 2.56. The van der Waals surface area contributed by atoms with Crippen LogP contribution in [0, 0.1) is 0 Å². The van der Waals surface area contributed by atoms with Gasteiger partial charge in [-0.2, -0.15) is 0 Å². The van der Waals surface area contributed by atoms with E-state index in [1.54, 1.807) is 0 Å². The van der Waals surface area contributed by atoms with Crippen molar-refractivity contribution < 1.29 is 47.5 Å². The first kappa shape index (κ1) is 25.4. The predicted octanol–water partition coefficient (Wildman–Crippen LogP) is 2.74. The first-order chi connectivity index (χ1) is 16.5. The molecule has 6 aliphatic rings. The Morgan fingerprint density at radius 3 is 1.63 bits per heavy atom. The van der Waals surface area contributed by atoms with Crippen LogP contribution in [-0.4, -0.2) is 79.1 Å². The zero-order valence-corrected chi connectivity index (χ0v) is 21.1. The van der Waals surface area contributed by atoms with Crippen LogP contribution in [0.4, 0.5) is 0 Å². The topological polar surface area (TPSA) is 108 Å². The number of carbonyl (C=O) groups is 2. The molecule has 0 spiro atoms. The average molecular weight is 499 g/mol. The fourth-order valence-electron chi connectivity index (χ4n) is 5.66. The molecule has 10 heteroatoms. The summed E-state index contributed by atoms with van der Waals surface area (Å²) in [6.45, 7) is 8.03. The summed E-state index contributed by atoms with van der Waals surface area (Å²) in [6, 6.07) is 0. The van der Waals surface area contributed by atoms with Crippen molar-refractivity contribution in [2.45, 2.75) is 133 Å². The number of ether oxygens (including phenoxy) is 8. The van der Waals surface area contributed by atoms with E-state index >= 15 is 0 Å². The molecular formula is C25H38O10. The summed E-state index contributed by atoms with van der Waals surface area (Å²) in [5, 5.41) is 0. The Kier molecular flexibility index (Phi) is 6.91. The van der Waals surface area contributed by atoms with Crippen molar-refractivity contribution in [3.63, 3.8) is 0 Å². The van der Waals surface area contributed by atoms with E-state index in [1.807, 2.05) is 27.7 Å². The molecule has 0 aromatic heterocycles. The molecule has 6 bridgehead atoms. The van der Waals surface area contributed by atoms with E-state index in [9.17, 15) is 9.59 Å². The summed E-state index contributed by atoms with van der Waals surface area (Å²) < 4.78 is 48.4. The first-order valence-electron chi connectivity index (χ1n) is 12.9. The smallest absolute Gasteiger partial charge is 0.306 e. The third kappa shape index (κ3) is 5.83. The van der Waals surface area contributed by atoms with E-state index in [0.717, 1.165) is 0 Å². The van der Waals surface area contributed by atoms with Gasteiger partial charge >= 0.3 is 11.9 Å². The highest BCUT2D eigenvalue weighted by Crippen LogP contribution is 2.42. The number of carbonyl (C=O) groups excluding carboxylic acids is 2. The maximum absolute atomic E-state index is 12.6. The Morgan fingerprint density at radius 1 is 0.629 bits per heavy atom. The summed E-state index contributed by atoms with van der Waals surface area (Å²) in [7, 11) is 0. The molecule has 1 aliphatic carbocycles. The second-order valence-electron chi connectivity index (χ2n) is 11.1. The Labute approximate surface area is 206 Å². The molecule has 35 heavy (non-hydrogen) atoms. The number of esters is 2. The lowest BCUT2D eigenvalue weighted by atomic mass is 9.95. The highest BCUT2D eigenvalue weighted by molar-refractivity contribution is 5.70. The van der Waals surface area contributed by atoms with Crippen molar-refractivity contribution in [1.29, 1.82) is 0 Å². The van der Waals surface area contributed by atoms with Crippen LogP contribution in [0.15, 0.2) is 0 Å². The van der Waals surface area contributed by atoms with Crippen LogP contribution in [0.5, 0.6) is 0 Å². The molecule has 6 atom stereocenters. The fourth-order valence-corrected chi connectivity index (χ4v) is 5.66. The lowest BCUT2D eigenvalue weighted by Gasteiger charge is -2.30. The largest absolute Gasteiger partial charge is 0.462 e. The van der Waals surface area contributed by atoms with Gasteiger partial charge in [-0.15, -0.1) is 0 Å². The quantitative estimate of drug-likeness (QED) is 0.501. The van der Waals surface area contributed by atoms with Gasteiger partial charge in [0.2, 0.25) is 0 Å². The molecule has 5 saturated heterocycles. The molecule has 1 saturated carbocycles. The van der Waals surface area contributed by atoms with E-state index < -0.39 is 35.7 Å². The molecule has 5 aliphatic heterocycles. The van der Waals surface area contributed by atoms with Gasteiger partial charge in [-0.3, -0.25) is 9.59 Å². The molecule has 10 nitrogen and oxygen atoms in total. The maximum Gasteiger partial charge on any atom is 0.306 e. The summed E-state index contributed by atoms with van der Waals surface area (Å²) in [5.74, 6) is -3.23. The molecule has 198 valence electrons. The first-order valence-corrected chi connectivity index (χ1v) is 12.9. The van der Waals surface area contributed by atoms with Gasteiger partial charge in [0.1, 0.15) is 36.6 Å². The Morgan fingerprint density at radius 2 is 1.11 bits per heavy atom. The molecule has 0 amide bonds. The van der Waals surface area contributed by atoms with Gasteiger partial charge in [0, 0.05) is 12.8 Å². The van der Waals surface area contributed by atoms with Crippen molar-refractivity contribution in [1.82, 2.24) is 0 Å². The van der Waals surface area contributed by atoms with Crippen LogP contribution >= 0.6 is 0 Å². The number of fused-ring (bicyclic) bond motifs is 8. The van der Waals surface area contributed by atoms with Crippen molar-refractivity contribution >= 4 is 11.9 Å². The van der Waals surface area contributed by atoms with Crippen molar-refractivity contribution in [3.05, 3.63) is 0 Å². The second-order valence-corrected chi connectivity index (χ2v) is 11.1. The molecule has 0 aromatic rings.